The molecular weight excluding hydrogens is 1910 g/mol. The third kappa shape index (κ3) is 23.1. The van der Waals surface area contributed by atoms with Crippen LogP contribution in [0.15, 0.2) is 70.7 Å². The molecule has 6 aromatic heterocycles. The Labute approximate surface area is 745 Å². The second-order valence-corrected chi connectivity index (χ2v) is 47.5. The van der Waals surface area contributed by atoms with E-state index in [1.54, 1.807) is 48.5 Å². The van der Waals surface area contributed by atoms with Crippen molar-refractivity contribution in [2.75, 3.05) is 75.4 Å². The van der Waals surface area contributed by atoms with E-state index in [-0.39, 0.29) is 47.5 Å². The van der Waals surface area contributed by atoms with Gasteiger partial charge in [0.2, 0.25) is 0 Å². The molecule has 0 aliphatic carbocycles. The number of hydrogen-bond donors (Lipinski definition) is 13. The van der Waals surface area contributed by atoms with E-state index in [0.29, 0.717) is 27.8 Å². The predicted molar refractivity (Wildman–Crippen MR) is 466 cm³/mol. The van der Waals surface area contributed by atoms with Crippen molar-refractivity contribution in [2.24, 2.45) is 23.7 Å². The van der Waals surface area contributed by atoms with Crippen LogP contribution in [0, 0.1) is 65.2 Å². The van der Waals surface area contributed by atoms with Crippen molar-refractivity contribution in [1.82, 2.24) is 57.3 Å². The number of aliphatic hydroxyl groups excluding tert-OH is 1. The van der Waals surface area contributed by atoms with Gasteiger partial charge in [-0.05, 0) is 112 Å². The lowest BCUT2D eigenvalue weighted by Crippen LogP contribution is -2.35. The minimum atomic E-state index is -4.77. The number of nitrogens with one attached hydrogen (secondary N) is 1. The summed E-state index contributed by atoms with van der Waals surface area (Å²) in [6.45, 7) is -16.0. The molecule has 6 saturated heterocycles. The second-order valence-electron chi connectivity index (χ2n) is 30.6. The van der Waals surface area contributed by atoms with Crippen LogP contribution < -0.4 is 68.4 Å². The number of nitrogens with two attached hydrogens (primary N) is 5. The Balaban J connectivity index is 0.767. The molecule has 698 valence electrons. The van der Waals surface area contributed by atoms with Crippen molar-refractivity contribution in [2.45, 2.75) is 193 Å². The van der Waals surface area contributed by atoms with E-state index in [4.69, 9.17) is 182 Å². The monoisotopic (exact) mass is 2000 g/mol. The number of aryl methyl sites for hydroxylation is 6. The summed E-state index contributed by atoms with van der Waals surface area (Å²) in [5, 5.41) is 10.4. The number of H-pyrrole nitrogens is 1. The Bertz CT molecular complexity index is 5870. The summed E-state index contributed by atoms with van der Waals surface area (Å²) in [5.41, 5.74) is 26.0. The highest BCUT2D eigenvalue weighted by Gasteiger charge is 2.54. The van der Waals surface area contributed by atoms with Crippen LogP contribution in [0.3, 0.4) is 0 Å². The number of nitrogen functional groups attached to an aromatic ring is 5. The van der Waals surface area contributed by atoms with E-state index in [1.165, 1.54) is 58.0 Å². The Morgan fingerprint density at radius 3 is 0.921 bits per heavy atom. The van der Waals surface area contributed by atoms with E-state index < -0.39 is 254 Å². The molecule has 12 heterocycles. The number of hydrogen-bond acceptors (Lipinski definition) is 42. The molecule has 49 nitrogen and oxygen atoms in total. The molecule has 28 atom stereocenters. The van der Waals surface area contributed by atoms with Crippen LogP contribution in [0.2, 0.25) is 0 Å². The smallest absolute Gasteiger partial charge is 0.351 e. The average Bonchev–Trinajstić information content (AvgIpc) is 1.63. The molecule has 6 aliphatic rings. The first-order valence-corrected chi connectivity index (χ1v) is 53.8. The summed E-state index contributed by atoms with van der Waals surface area (Å²) >= 11 is 33.3. The van der Waals surface area contributed by atoms with Gasteiger partial charge in [-0.3, -0.25) is 37.2 Å². The van der Waals surface area contributed by atoms with Crippen LogP contribution >= 0.6 is 40.3 Å². The highest BCUT2D eigenvalue weighted by atomic mass is 32.5. The maximum absolute atomic E-state index is 13.7. The Morgan fingerprint density at radius 2 is 0.619 bits per heavy atom. The minimum Gasteiger partial charge on any atom is -0.394 e. The quantitative estimate of drug-likeness (QED) is 0.0243. The van der Waals surface area contributed by atoms with Gasteiger partial charge in [-0.2, -0.15) is 24.9 Å². The largest absolute Gasteiger partial charge is 0.394 e. The van der Waals surface area contributed by atoms with Crippen molar-refractivity contribution in [3.63, 3.8) is 0 Å². The zero-order chi connectivity index (χ0) is 92.4. The second kappa shape index (κ2) is 39.6. The number of aliphatic hydroxyl groups is 1. The molecule has 61 heteroatoms. The summed E-state index contributed by atoms with van der Waals surface area (Å²) in [7, 11) is 1.10. The van der Waals surface area contributed by atoms with E-state index in [1.807, 2.05) is 0 Å². The predicted octanol–water partition coefficient (Wildman–Crippen LogP) is 0.625. The molecule has 0 radical (unpaired) electrons. The SMILES string of the molecule is COP(O)(=S)OC1C[C@H](n2cc(C)c(=O)[nH]c2=O)O[C@@H]1COP(O)(=S)OC1C[C@H](n2cc(C)c(N)nc2=O)O[C@@H]1COP(O)(=S)OC1[C@@H](COP(O)(=S)OC2[C@@H](COP(O)(=S)OC3[C@@H](COP(O)(=S)OC4[C@@H](CO)O[C@@H](n5cc(C)c(N)nc5=O)[C@H]4C)O[C@@H](n4cc(C)c(N)nc4=O)[C@H]3C)O[C@@H](n3cc(C)c(N)nc3=O)[C@H]2C)O[C@@H](n2cc(C)c(N)nc2=O)[C@H]1C. The van der Waals surface area contributed by atoms with Crippen molar-refractivity contribution in [1.29, 1.82) is 0 Å². The van der Waals surface area contributed by atoms with E-state index in [2.05, 4.69) is 29.9 Å². The number of rotatable bonds is 35. The lowest BCUT2D eigenvalue weighted by molar-refractivity contribution is -0.0586. The van der Waals surface area contributed by atoms with Gasteiger partial charge in [0, 0.05) is 114 Å². The van der Waals surface area contributed by atoms with Gasteiger partial charge in [0.25, 0.3) is 5.56 Å². The molecule has 0 saturated carbocycles. The van der Waals surface area contributed by atoms with Crippen LogP contribution in [0.4, 0.5) is 29.1 Å². The lowest BCUT2D eigenvalue weighted by atomic mass is 10.0. The number of aromatic nitrogens is 12. The Hall–Kier alpha value is -5.02. The molecule has 0 aromatic carbocycles. The average molecular weight is 2000 g/mol. The van der Waals surface area contributed by atoms with Crippen LogP contribution in [-0.4, -0.2) is 212 Å². The van der Waals surface area contributed by atoms with Crippen molar-refractivity contribution < 1.29 is 117 Å². The molecule has 18 N–H and O–H groups in total. The number of aromatic amines is 1. The van der Waals surface area contributed by atoms with E-state index >= 15 is 0 Å². The van der Waals surface area contributed by atoms with Gasteiger partial charge in [0.05, 0.1) is 51.8 Å². The minimum absolute atomic E-state index is 0.0185. The molecule has 12 rings (SSSR count). The maximum atomic E-state index is 13.7. The fourth-order valence-electron chi connectivity index (χ4n) is 14.9. The topological polar surface area (TPSA) is 667 Å². The van der Waals surface area contributed by atoms with Crippen LogP contribution in [0.1, 0.15) is 111 Å². The zero-order valence-electron chi connectivity index (χ0n) is 68.6. The Kier molecular flexibility index (Phi) is 31.5. The third-order valence-electron chi connectivity index (χ3n) is 21.7. The third-order valence-corrected chi connectivity index (χ3v) is 31.2. The number of ether oxygens (including phenoxy) is 6. The zero-order valence-corrected chi connectivity index (χ0v) is 78.9. The maximum Gasteiger partial charge on any atom is 0.351 e. The van der Waals surface area contributed by atoms with Gasteiger partial charge in [-0.15, -0.1) is 0 Å². The summed E-state index contributed by atoms with van der Waals surface area (Å²) in [5.74, 6) is -4.35. The van der Waals surface area contributed by atoms with E-state index in [0.717, 1.165) is 34.5 Å². The first kappa shape index (κ1) is 100.0. The highest BCUT2D eigenvalue weighted by Crippen LogP contribution is 2.59. The van der Waals surface area contributed by atoms with Crippen molar-refractivity contribution in [3.8, 4) is 0 Å². The molecular formula is C65H95N17O32P6S6. The van der Waals surface area contributed by atoms with Crippen LogP contribution in [0.5, 0.6) is 0 Å². The molecule has 6 aromatic rings. The molecule has 6 fully saturated rings. The molecule has 0 amide bonds. The standard InChI is InChI=1S/C65H95N17O32P6S6/c1-26-14-77(60(85)71-50(26)66)44-13-37(110-116(92,122)98-21-39-36(109-115(91,121)97-11)12-45(103-39)78-19-31(6)55(84)76-65(78)90)40(104-44)22-99-117(93,123)112-47-33(8)57(80-16-28(3)52(68)73-62(80)87)107-42(47)24-101-119(95,125)114-49-35(10)59(82-18-30(5)54(70)75-64(82)89)108-43(49)25-102-120(96,126)113-48-34(9)58(81-17-29(4)53(69)74-63(81)88)106-41(48)23-100-118(94,124)111-46-32(7)56(105-38(46)20-83)79-15-27(2)51(67)72-61(79)86/h14-19,32-49,56-59,83H,12-13,20-25H2,1-11H3,(H,91,121)(H,92,122)(H,93,123)(H,94,124)(H,95,125)(H,96,126)(H2,66,71,85)(H2,67,72,86)(H2,68,73,87)(H2,69,74,88)(H2,70,75,89)(H,76,84,90)/t32-,33-,34-,35-,36?,37?,38+,39+,40+,41+,42+,43+,44+,45+,46?,47?,48?,49?,56+,57+,58+,59+,115?,116?,117?,118?,119?,120?/m0/s1. The summed E-state index contributed by atoms with van der Waals surface area (Å²) in [4.78, 5) is 186. The van der Waals surface area contributed by atoms with Gasteiger partial charge in [0.15, 0.2) is 0 Å². The highest BCUT2D eigenvalue weighted by molar-refractivity contribution is 8.08. The molecule has 12 unspecified atom stereocenters. The fourth-order valence-corrected chi connectivity index (χ4v) is 23.4. The van der Waals surface area contributed by atoms with Gasteiger partial charge in [-0.25, -0.2) is 28.8 Å². The lowest BCUT2D eigenvalue weighted by Gasteiger charge is -2.30. The van der Waals surface area contributed by atoms with Gasteiger partial charge < -0.3 is 146 Å². The summed E-state index contributed by atoms with van der Waals surface area (Å²) in [6.07, 6.45) is -16.5. The van der Waals surface area contributed by atoms with Crippen molar-refractivity contribution in [3.05, 3.63) is 144 Å². The molecule has 126 heavy (non-hydrogen) atoms. The first-order chi connectivity index (χ1) is 58.8. The van der Waals surface area contributed by atoms with Crippen LogP contribution in [-0.2, 0) is 154 Å². The van der Waals surface area contributed by atoms with Gasteiger partial charge in [0.1, 0.15) is 127 Å². The molecule has 0 bridgehead atoms. The summed E-state index contributed by atoms with van der Waals surface area (Å²) < 4.78 is 116. The van der Waals surface area contributed by atoms with Crippen LogP contribution in [0.25, 0.3) is 0 Å². The fraction of sp³-hybridized carbons (Fsp3) is 0.631. The Morgan fingerprint density at radius 1 is 0.373 bits per heavy atom. The van der Waals surface area contributed by atoms with Crippen molar-refractivity contribution >= 4 is 140 Å². The van der Waals surface area contributed by atoms with Gasteiger partial charge >= 0.3 is 74.5 Å². The molecule has 6 aliphatic heterocycles. The summed E-state index contributed by atoms with van der Waals surface area (Å²) in [6, 6.07) is 0. The normalized spacial score (nSPS) is 31.6. The molecule has 0 spiro atoms. The van der Waals surface area contributed by atoms with E-state index in [9.17, 15) is 68.0 Å². The number of anilines is 5. The van der Waals surface area contributed by atoms with Gasteiger partial charge in [-0.1, -0.05) is 27.7 Å². The first-order valence-electron chi connectivity index (χ1n) is 38.2. The number of nitrogens with zero attached hydrogens (tertiary/aromatic N) is 11.